The predicted octanol–water partition coefficient (Wildman–Crippen LogP) is 3.86. The molecule has 0 bridgehead atoms. The van der Waals surface area contributed by atoms with Gasteiger partial charge < -0.3 is 5.32 Å². The fraction of sp³-hybridized carbons (Fsp3) is 0.444. The molecule has 0 unspecified atom stereocenters. The van der Waals surface area contributed by atoms with Gasteiger partial charge in [-0.3, -0.25) is 0 Å². The van der Waals surface area contributed by atoms with Crippen LogP contribution in [-0.4, -0.2) is 17.0 Å². The summed E-state index contributed by atoms with van der Waals surface area (Å²) in [6.45, 7) is 4.25. The maximum absolute atomic E-state index is 4.87. The van der Waals surface area contributed by atoms with Crippen molar-refractivity contribution in [2.45, 2.75) is 44.9 Å². The fourth-order valence-electron chi connectivity index (χ4n) is 3.37. The van der Waals surface area contributed by atoms with Crippen LogP contribution in [0.4, 0.5) is 5.82 Å². The van der Waals surface area contributed by atoms with E-state index in [4.69, 9.17) is 9.97 Å². The van der Waals surface area contributed by atoms with E-state index in [-0.39, 0.29) is 5.41 Å². The Bertz CT molecular complexity index is 630. The predicted molar refractivity (Wildman–Crippen MR) is 86.8 cm³/mol. The van der Waals surface area contributed by atoms with Crippen molar-refractivity contribution in [2.24, 2.45) is 0 Å². The largest absolute Gasteiger partial charge is 0.373 e. The van der Waals surface area contributed by atoms with Crippen LogP contribution in [0.2, 0.25) is 0 Å². The second-order valence-corrected chi connectivity index (χ2v) is 5.87. The smallest absolute Gasteiger partial charge is 0.141 e. The maximum Gasteiger partial charge on any atom is 0.141 e. The van der Waals surface area contributed by atoms with E-state index in [0.717, 1.165) is 36.6 Å². The molecule has 1 fully saturated rings. The van der Waals surface area contributed by atoms with Gasteiger partial charge in [-0.2, -0.15) is 0 Å². The first-order valence-electron chi connectivity index (χ1n) is 7.82. The van der Waals surface area contributed by atoms with E-state index in [9.17, 15) is 0 Å². The Labute approximate surface area is 126 Å². The van der Waals surface area contributed by atoms with Gasteiger partial charge in [-0.25, -0.2) is 9.97 Å². The minimum Gasteiger partial charge on any atom is -0.373 e. The van der Waals surface area contributed by atoms with Gasteiger partial charge in [0.1, 0.15) is 11.6 Å². The van der Waals surface area contributed by atoms with Gasteiger partial charge in [-0.15, -0.1) is 0 Å². The highest BCUT2D eigenvalue weighted by Gasteiger charge is 2.43. The van der Waals surface area contributed by atoms with Crippen molar-refractivity contribution in [3.05, 3.63) is 53.0 Å². The quantitative estimate of drug-likeness (QED) is 0.924. The van der Waals surface area contributed by atoms with Crippen LogP contribution < -0.4 is 5.32 Å². The Morgan fingerprint density at radius 1 is 1.14 bits per heavy atom. The molecule has 1 saturated carbocycles. The van der Waals surface area contributed by atoms with Crippen molar-refractivity contribution in [3.63, 3.8) is 0 Å². The zero-order chi connectivity index (χ0) is 14.9. The molecule has 3 heteroatoms. The summed E-state index contributed by atoms with van der Waals surface area (Å²) in [4.78, 5) is 9.74. The zero-order valence-corrected chi connectivity index (χ0v) is 13.1. The van der Waals surface area contributed by atoms with Crippen molar-refractivity contribution in [1.82, 2.24) is 9.97 Å². The lowest BCUT2D eigenvalue weighted by molar-refractivity contribution is 0.284. The molecule has 1 aliphatic rings. The van der Waals surface area contributed by atoms with Crippen molar-refractivity contribution in [3.8, 4) is 0 Å². The Morgan fingerprint density at radius 3 is 2.38 bits per heavy atom. The Morgan fingerprint density at radius 2 is 1.86 bits per heavy atom. The zero-order valence-electron chi connectivity index (χ0n) is 13.1. The molecule has 3 nitrogen and oxygen atoms in total. The lowest BCUT2D eigenvalue weighted by atomic mass is 9.64. The fourth-order valence-corrected chi connectivity index (χ4v) is 3.37. The van der Waals surface area contributed by atoms with Gasteiger partial charge in [0.05, 0.1) is 5.41 Å². The number of anilines is 1. The van der Waals surface area contributed by atoms with Gasteiger partial charge >= 0.3 is 0 Å². The van der Waals surface area contributed by atoms with Crippen molar-refractivity contribution < 1.29 is 0 Å². The lowest BCUT2D eigenvalue weighted by Crippen LogP contribution is -2.37. The van der Waals surface area contributed by atoms with E-state index in [0.29, 0.717) is 0 Å². The third-order valence-electron chi connectivity index (χ3n) is 4.77. The highest BCUT2D eigenvalue weighted by molar-refractivity contribution is 5.48. The molecule has 1 aromatic carbocycles. The molecule has 110 valence electrons. The Kier molecular flexibility index (Phi) is 3.66. The molecular formula is C18H23N3. The summed E-state index contributed by atoms with van der Waals surface area (Å²) in [5.74, 6) is 1.97. The van der Waals surface area contributed by atoms with Crippen LogP contribution >= 0.6 is 0 Å². The molecule has 3 rings (SSSR count). The van der Waals surface area contributed by atoms with Gasteiger partial charge in [0, 0.05) is 18.3 Å². The van der Waals surface area contributed by atoms with Crippen LogP contribution in [0.15, 0.2) is 30.3 Å². The van der Waals surface area contributed by atoms with Crippen molar-refractivity contribution in [1.29, 1.82) is 0 Å². The Balaban J connectivity index is 2.12. The molecule has 1 N–H and O–H groups in total. The lowest BCUT2D eigenvalue weighted by Gasteiger charge is -2.41. The molecule has 0 radical (unpaired) electrons. The molecule has 2 aromatic rings. The second kappa shape index (κ2) is 5.47. The third-order valence-corrected chi connectivity index (χ3v) is 4.77. The van der Waals surface area contributed by atoms with E-state index in [2.05, 4.69) is 49.5 Å². The minimum absolute atomic E-state index is 0.0177. The first-order valence-corrected chi connectivity index (χ1v) is 7.82. The normalized spacial score (nSPS) is 16.3. The van der Waals surface area contributed by atoms with Crippen LogP contribution in [0.3, 0.4) is 0 Å². The summed E-state index contributed by atoms with van der Waals surface area (Å²) in [7, 11) is 1.95. The topological polar surface area (TPSA) is 37.8 Å². The van der Waals surface area contributed by atoms with E-state index < -0.39 is 0 Å². The molecule has 1 heterocycles. The van der Waals surface area contributed by atoms with Crippen molar-refractivity contribution >= 4 is 5.82 Å². The molecule has 0 aliphatic heterocycles. The SMILES string of the molecule is CCc1c(C)nc(C2(c3ccccc3)CCC2)nc1NC. The molecule has 0 amide bonds. The highest BCUT2D eigenvalue weighted by atomic mass is 15.0. The average Bonchev–Trinajstić information content (AvgIpc) is 2.46. The van der Waals surface area contributed by atoms with Crippen LogP contribution in [0, 0.1) is 6.92 Å². The molecule has 0 atom stereocenters. The van der Waals surface area contributed by atoms with Crippen LogP contribution in [0.1, 0.15) is 48.8 Å². The van der Waals surface area contributed by atoms with Crippen LogP contribution in [0.25, 0.3) is 0 Å². The molecular weight excluding hydrogens is 258 g/mol. The number of nitrogens with one attached hydrogen (secondary N) is 1. The summed E-state index contributed by atoms with van der Waals surface area (Å²) in [6, 6.07) is 10.7. The van der Waals surface area contributed by atoms with Crippen LogP contribution in [-0.2, 0) is 11.8 Å². The number of benzene rings is 1. The summed E-state index contributed by atoms with van der Waals surface area (Å²) in [5.41, 5.74) is 3.70. The Hall–Kier alpha value is -1.90. The van der Waals surface area contributed by atoms with E-state index in [1.165, 1.54) is 17.5 Å². The summed E-state index contributed by atoms with van der Waals surface area (Å²) in [5, 5.41) is 3.25. The summed E-state index contributed by atoms with van der Waals surface area (Å²) in [6.07, 6.45) is 4.50. The molecule has 1 aromatic heterocycles. The van der Waals surface area contributed by atoms with Gasteiger partial charge in [-0.1, -0.05) is 43.7 Å². The van der Waals surface area contributed by atoms with Gasteiger partial charge in [0.2, 0.25) is 0 Å². The van der Waals surface area contributed by atoms with Crippen LogP contribution in [0.5, 0.6) is 0 Å². The number of aromatic nitrogens is 2. The molecule has 21 heavy (non-hydrogen) atoms. The van der Waals surface area contributed by atoms with E-state index >= 15 is 0 Å². The highest BCUT2D eigenvalue weighted by Crippen LogP contribution is 2.48. The number of hydrogen-bond acceptors (Lipinski definition) is 3. The van der Waals surface area contributed by atoms with E-state index in [1.807, 2.05) is 7.05 Å². The maximum atomic E-state index is 4.87. The van der Waals surface area contributed by atoms with Crippen molar-refractivity contribution in [2.75, 3.05) is 12.4 Å². The third kappa shape index (κ3) is 2.21. The minimum atomic E-state index is 0.0177. The summed E-state index contributed by atoms with van der Waals surface area (Å²) < 4.78 is 0. The summed E-state index contributed by atoms with van der Waals surface area (Å²) >= 11 is 0. The molecule has 0 saturated heterocycles. The molecule has 1 aliphatic carbocycles. The monoisotopic (exact) mass is 281 g/mol. The number of aryl methyl sites for hydroxylation is 1. The second-order valence-electron chi connectivity index (χ2n) is 5.87. The van der Waals surface area contributed by atoms with Gasteiger partial charge in [-0.05, 0) is 31.7 Å². The van der Waals surface area contributed by atoms with E-state index in [1.54, 1.807) is 0 Å². The molecule has 0 spiro atoms. The van der Waals surface area contributed by atoms with Gasteiger partial charge in [0.25, 0.3) is 0 Å². The number of hydrogen-bond donors (Lipinski definition) is 1. The number of nitrogens with zero attached hydrogens (tertiary/aromatic N) is 2. The standard InChI is InChI=1S/C18H23N3/c1-4-15-13(2)20-17(21-16(15)19-3)18(11-8-12-18)14-9-6-5-7-10-14/h5-7,9-10H,4,8,11-12H2,1-3H3,(H,19,20,21). The first kappa shape index (κ1) is 14.1. The average molecular weight is 281 g/mol. The first-order chi connectivity index (χ1) is 10.2. The number of rotatable bonds is 4. The van der Waals surface area contributed by atoms with Gasteiger partial charge in [0.15, 0.2) is 0 Å².